The van der Waals surface area contributed by atoms with Gasteiger partial charge in [-0.25, -0.2) is 0 Å². The molecule has 0 amide bonds. The molecule has 1 aliphatic heterocycles. The second-order valence-electron chi connectivity index (χ2n) is 3.37. The highest BCUT2D eigenvalue weighted by Gasteiger charge is 2.18. The highest BCUT2D eigenvalue weighted by atomic mass is 32.2. The Hall–Kier alpha value is 0.310. The lowest BCUT2D eigenvalue weighted by Gasteiger charge is -2.28. The van der Waals surface area contributed by atoms with Crippen molar-refractivity contribution in [1.82, 2.24) is 5.32 Å². The first-order valence-electron chi connectivity index (χ1n) is 4.69. The lowest BCUT2D eigenvalue weighted by molar-refractivity contribution is 0.438. The molecule has 0 radical (unpaired) electrons. The fourth-order valence-electron chi connectivity index (χ4n) is 1.56. The molecular weight excluding hydrogens is 154 g/mol. The third-order valence-corrected chi connectivity index (χ3v) is 3.74. The van der Waals surface area contributed by atoms with Crippen LogP contribution in [0.2, 0.25) is 0 Å². The van der Waals surface area contributed by atoms with E-state index in [9.17, 15) is 0 Å². The van der Waals surface area contributed by atoms with Crippen molar-refractivity contribution in [3.63, 3.8) is 0 Å². The van der Waals surface area contributed by atoms with Crippen LogP contribution >= 0.6 is 11.8 Å². The van der Waals surface area contributed by atoms with Crippen molar-refractivity contribution in [2.75, 3.05) is 12.3 Å². The lowest BCUT2D eigenvalue weighted by atomic mass is 10.1. The monoisotopic (exact) mass is 173 g/mol. The molecule has 0 aromatic carbocycles. The van der Waals surface area contributed by atoms with E-state index in [1.165, 1.54) is 31.6 Å². The van der Waals surface area contributed by atoms with Crippen molar-refractivity contribution in [3.05, 3.63) is 0 Å². The third kappa shape index (κ3) is 3.04. The van der Waals surface area contributed by atoms with Crippen LogP contribution in [0, 0.1) is 5.92 Å². The average molecular weight is 173 g/mol. The topological polar surface area (TPSA) is 12.0 Å². The van der Waals surface area contributed by atoms with Crippen molar-refractivity contribution in [2.24, 2.45) is 5.92 Å². The molecule has 1 saturated heterocycles. The van der Waals surface area contributed by atoms with Crippen LogP contribution in [-0.4, -0.2) is 17.7 Å². The largest absolute Gasteiger partial charge is 0.305 e. The van der Waals surface area contributed by atoms with Gasteiger partial charge in [0.1, 0.15) is 0 Å². The quantitative estimate of drug-likeness (QED) is 0.703. The Morgan fingerprint density at radius 3 is 3.00 bits per heavy atom. The minimum Gasteiger partial charge on any atom is -0.305 e. The van der Waals surface area contributed by atoms with Gasteiger partial charge >= 0.3 is 0 Å². The highest BCUT2D eigenvalue weighted by Crippen LogP contribution is 2.24. The van der Waals surface area contributed by atoms with Crippen LogP contribution in [0.4, 0.5) is 0 Å². The van der Waals surface area contributed by atoms with Gasteiger partial charge in [-0.15, -0.1) is 11.8 Å². The summed E-state index contributed by atoms with van der Waals surface area (Å²) in [7, 11) is 0. The highest BCUT2D eigenvalue weighted by molar-refractivity contribution is 7.99. The zero-order valence-electron chi connectivity index (χ0n) is 7.60. The molecule has 0 bridgehead atoms. The number of rotatable bonds is 3. The van der Waals surface area contributed by atoms with Gasteiger partial charge in [0, 0.05) is 0 Å². The molecule has 0 spiro atoms. The second kappa shape index (κ2) is 5.04. The summed E-state index contributed by atoms with van der Waals surface area (Å²) in [5.41, 5.74) is 0. The molecule has 2 heteroatoms. The van der Waals surface area contributed by atoms with Crippen LogP contribution in [-0.2, 0) is 0 Å². The standard InChI is InChI=1S/C9H19NS/c1-3-5-8(2)9-10-6-4-7-11-9/h8-10H,3-7H2,1-2H3/t8-,9+/m0/s1. The van der Waals surface area contributed by atoms with Gasteiger partial charge < -0.3 is 5.32 Å². The van der Waals surface area contributed by atoms with E-state index in [1.54, 1.807) is 0 Å². The smallest absolute Gasteiger partial charge is 0.0558 e. The average Bonchev–Trinajstić information content (AvgIpc) is 2.07. The van der Waals surface area contributed by atoms with E-state index in [4.69, 9.17) is 0 Å². The zero-order valence-corrected chi connectivity index (χ0v) is 8.41. The van der Waals surface area contributed by atoms with Gasteiger partial charge in [0.25, 0.3) is 0 Å². The molecule has 0 aromatic rings. The van der Waals surface area contributed by atoms with E-state index >= 15 is 0 Å². The third-order valence-electron chi connectivity index (χ3n) is 2.22. The molecule has 66 valence electrons. The van der Waals surface area contributed by atoms with Crippen LogP contribution in [0.1, 0.15) is 33.1 Å². The Balaban J connectivity index is 2.21. The van der Waals surface area contributed by atoms with E-state index < -0.39 is 0 Å². The second-order valence-corrected chi connectivity index (χ2v) is 4.61. The normalized spacial score (nSPS) is 28.4. The van der Waals surface area contributed by atoms with Crippen LogP contribution in [0.25, 0.3) is 0 Å². The number of hydrogen-bond donors (Lipinski definition) is 1. The summed E-state index contributed by atoms with van der Waals surface area (Å²) >= 11 is 2.10. The predicted octanol–water partition coefficient (Wildman–Crippen LogP) is 2.48. The van der Waals surface area contributed by atoms with Gasteiger partial charge in [0.2, 0.25) is 0 Å². The molecule has 0 aliphatic carbocycles. The van der Waals surface area contributed by atoms with Crippen molar-refractivity contribution in [2.45, 2.75) is 38.5 Å². The van der Waals surface area contributed by atoms with E-state index in [2.05, 4.69) is 30.9 Å². The number of nitrogens with one attached hydrogen (secondary N) is 1. The number of hydrogen-bond acceptors (Lipinski definition) is 2. The first-order valence-corrected chi connectivity index (χ1v) is 5.74. The molecular formula is C9H19NS. The Kier molecular flexibility index (Phi) is 4.31. The van der Waals surface area contributed by atoms with Gasteiger partial charge in [-0.05, 0) is 31.1 Å². The summed E-state index contributed by atoms with van der Waals surface area (Å²) < 4.78 is 0. The summed E-state index contributed by atoms with van der Waals surface area (Å²) in [6.07, 6.45) is 4.03. The Morgan fingerprint density at radius 1 is 1.64 bits per heavy atom. The molecule has 1 fully saturated rings. The van der Waals surface area contributed by atoms with Gasteiger partial charge in [0.15, 0.2) is 0 Å². The van der Waals surface area contributed by atoms with Crippen molar-refractivity contribution >= 4 is 11.8 Å². The SMILES string of the molecule is CCC[C@H](C)[C@@H]1NCCCS1. The molecule has 1 rings (SSSR count). The van der Waals surface area contributed by atoms with Crippen LogP contribution < -0.4 is 5.32 Å². The summed E-state index contributed by atoms with van der Waals surface area (Å²) in [5.74, 6) is 2.21. The first kappa shape index (κ1) is 9.40. The molecule has 1 aliphatic rings. The minimum atomic E-state index is 0.740. The van der Waals surface area contributed by atoms with Crippen molar-refractivity contribution < 1.29 is 0 Å². The van der Waals surface area contributed by atoms with Gasteiger partial charge in [0.05, 0.1) is 5.37 Å². The maximum absolute atomic E-state index is 3.57. The molecule has 1 heterocycles. The summed E-state index contributed by atoms with van der Waals surface area (Å²) in [5, 5.41) is 4.31. The van der Waals surface area contributed by atoms with Gasteiger partial charge in [-0.2, -0.15) is 0 Å². The van der Waals surface area contributed by atoms with E-state index in [1.807, 2.05) is 0 Å². The fourth-order valence-corrected chi connectivity index (χ4v) is 2.82. The maximum atomic E-state index is 3.57. The molecule has 11 heavy (non-hydrogen) atoms. The maximum Gasteiger partial charge on any atom is 0.0558 e. The predicted molar refractivity (Wildman–Crippen MR) is 52.9 cm³/mol. The Labute approximate surface area is 74.3 Å². The van der Waals surface area contributed by atoms with Crippen LogP contribution in [0.3, 0.4) is 0 Å². The number of thioether (sulfide) groups is 1. The van der Waals surface area contributed by atoms with Crippen molar-refractivity contribution in [1.29, 1.82) is 0 Å². The molecule has 0 unspecified atom stereocenters. The van der Waals surface area contributed by atoms with E-state index in [-0.39, 0.29) is 0 Å². The zero-order chi connectivity index (χ0) is 8.10. The van der Waals surface area contributed by atoms with E-state index in [0.717, 1.165) is 11.3 Å². The lowest BCUT2D eigenvalue weighted by Crippen LogP contribution is -2.36. The van der Waals surface area contributed by atoms with Crippen LogP contribution in [0.15, 0.2) is 0 Å². The molecule has 1 N–H and O–H groups in total. The van der Waals surface area contributed by atoms with Crippen molar-refractivity contribution in [3.8, 4) is 0 Å². The Bertz CT molecular complexity index is 99.7. The summed E-state index contributed by atoms with van der Waals surface area (Å²) in [6.45, 7) is 5.86. The van der Waals surface area contributed by atoms with Gasteiger partial charge in [-0.1, -0.05) is 20.3 Å². The fraction of sp³-hybridized carbons (Fsp3) is 1.00. The molecule has 1 nitrogen and oxygen atoms in total. The molecule has 0 aromatic heterocycles. The first-order chi connectivity index (χ1) is 5.34. The molecule has 0 saturated carbocycles. The summed E-state index contributed by atoms with van der Waals surface area (Å²) in [4.78, 5) is 0. The Morgan fingerprint density at radius 2 is 2.45 bits per heavy atom. The van der Waals surface area contributed by atoms with Crippen LogP contribution in [0.5, 0.6) is 0 Å². The summed E-state index contributed by atoms with van der Waals surface area (Å²) in [6, 6.07) is 0. The molecule has 2 atom stereocenters. The van der Waals surface area contributed by atoms with E-state index in [0.29, 0.717) is 0 Å². The minimum absolute atomic E-state index is 0.740. The van der Waals surface area contributed by atoms with Gasteiger partial charge in [-0.3, -0.25) is 0 Å².